The Labute approximate surface area is 203 Å². The van der Waals surface area contributed by atoms with E-state index in [2.05, 4.69) is 5.32 Å². The van der Waals surface area contributed by atoms with Crippen LogP contribution in [0.2, 0.25) is 0 Å². The summed E-state index contributed by atoms with van der Waals surface area (Å²) in [7, 11) is 0. The van der Waals surface area contributed by atoms with Crippen LogP contribution in [-0.2, 0) is 6.54 Å². The Morgan fingerprint density at radius 1 is 0.886 bits per heavy atom. The van der Waals surface area contributed by atoms with E-state index in [4.69, 9.17) is 9.40 Å². The zero-order valence-corrected chi connectivity index (χ0v) is 19.0. The number of furan rings is 1. The van der Waals surface area contributed by atoms with Gasteiger partial charge in [0.2, 0.25) is 0 Å². The highest BCUT2D eigenvalue weighted by atomic mass is 32.1. The summed E-state index contributed by atoms with van der Waals surface area (Å²) in [6, 6.07) is 23.3. The summed E-state index contributed by atoms with van der Waals surface area (Å²) in [6.45, 7) is 0.0381. The van der Waals surface area contributed by atoms with Gasteiger partial charge >= 0.3 is 0 Å². The first-order chi connectivity index (χ1) is 17.1. The van der Waals surface area contributed by atoms with Gasteiger partial charge in [0.1, 0.15) is 10.8 Å². The molecule has 3 amide bonds. The first kappa shape index (κ1) is 21.0. The number of amides is 3. The molecule has 1 N–H and O–H groups in total. The molecule has 0 aliphatic carbocycles. The Bertz CT molecular complexity index is 1590. The number of rotatable bonds is 5. The van der Waals surface area contributed by atoms with Gasteiger partial charge in [-0.15, -0.1) is 11.3 Å². The molecule has 1 aliphatic rings. The van der Waals surface area contributed by atoms with E-state index in [1.54, 1.807) is 29.5 Å². The van der Waals surface area contributed by atoms with Crippen molar-refractivity contribution < 1.29 is 18.8 Å². The maximum atomic E-state index is 13.1. The molecule has 0 unspecified atom stereocenters. The highest BCUT2D eigenvalue weighted by Gasteiger charge is 2.36. The lowest BCUT2D eigenvalue weighted by Crippen LogP contribution is -2.28. The van der Waals surface area contributed by atoms with Gasteiger partial charge < -0.3 is 9.73 Å². The van der Waals surface area contributed by atoms with E-state index in [1.807, 2.05) is 48.5 Å². The van der Waals surface area contributed by atoms with Crippen LogP contribution < -0.4 is 5.32 Å². The molecular weight excluding hydrogens is 462 g/mol. The smallest absolute Gasteiger partial charge is 0.261 e. The van der Waals surface area contributed by atoms with Gasteiger partial charge in [-0.05, 0) is 54.6 Å². The normalized spacial score (nSPS) is 12.9. The third-order valence-electron chi connectivity index (χ3n) is 5.83. The highest BCUT2D eigenvalue weighted by Crippen LogP contribution is 2.35. The molecule has 3 aromatic carbocycles. The second kappa shape index (κ2) is 8.34. The molecule has 170 valence electrons. The highest BCUT2D eigenvalue weighted by molar-refractivity contribution is 7.21. The van der Waals surface area contributed by atoms with Crippen LogP contribution in [0.5, 0.6) is 0 Å². The van der Waals surface area contributed by atoms with Crippen LogP contribution in [0.3, 0.4) is 0 Å². The van der Waals surface area contributed by atoms with Crippen molar-refractivity contribution in [3.8, 4) is 10.6 Å². The lowest BCUT2D eigenvalue weighted by molar-refractivity contribution is 0.0631. The van der Waals surface area contributed by atoms with Crippen molar-refractivity contribution in [2.45, 2.75) is 6.54 Å². The van der Waals surface area contributed by atoms with E-state index in [1.165, 1.54) is 18.4 Å². The number of nitrogens with one attached hydrogen (secondary N) is 1. The van der Waals surface area contributed by atoms with Gasteiger partial charge in [-0.1, -0.05) is 24.3 Å². The van der Waals surface area contributed by atoms with E-state index in [0.29, 0.717) is 11.4 Å². The lowest BCUT2D eigenvalue weighted by Gasteiger charge is -2.11. The predicted molar refractivity (Wildman–Crippen MR) is 132 cm³/mol. The zero-order valence-electron chi connectivity index (χ0n) is 18.2. The Morgan fingerprint density at radius 3 is 2.51 bits per heavy atom. The third-order valence-corrected chi connectivity index (χ3v) is 6.90. The molecule has 5 aromatic rings. The average molecular weight is 480 g/mol. The van der Waals surface area contributed by atoms with Crippen LogP contribution in [0.15, 0.2) is 89.5 Å². The Kier molecular flexibility index (Phi) is 5.00. The molecule has 35 heavy (non-hydrogen) atoms. The summed E-state index contributed by atoms with van der Waals surface area (Å²) in [5.41, 5.74) is 3.07. The van der Waals surface area contributed by atoms with Gasteiger partial charge in [-0.2, -0.15) is 0 Å². The molecule has 0 atom stereocenters. The molecule has 0 saturated heterocycles. The van der Waals surface area contributed by atoms with Crippen molar-refractivity contribution in [3.63, 3.8) is 0 Å². The van der Waals surface area contributed by atoms with Crippen LogP contribution in [0.4, 0.5) is 5.69 Å². The summed E-state index contributed by atoms with van der Waals surface area (Å²) in [5, 5.41) is 3.73. The number of carbonyl (C=O) groups is 3. The number of anilines is 1. The minimum Gasteiger partial charge on any atom is -0.467 e. The number of hydrogen-bond donors (Lipinski definition) is 1. The van der Waals surface area contributed by atoms with Crippen molar-refractivity contribution in [3.05, 3.63) is 108 Å². The van der Waals surface area contributed by atoms with Gasteiger partial charge in [0, 0.05) is 11.1 Å². The second-order valence-electron chi connectivity index (χ2n) is 8.02. The number of fused-ring (bicyclic) bond motifs is 2. The molecule has 0 bridgehead atoms. The number of carbonyl (C=O) groups excluding carboxylic acids is 3. The molecule has 0 saturated carbocycles. The van der Waals surface area contributed by atoms with Crippen molar-refractivity contribution in [1.82, 2.24) is 9.88 Å². The Morgan fingerprint density at radius 2 is 1.69 bits per heavy atom. The Hall–Kier alpha value is -4.56. The molecule has 8 heteroatoms. The summed E-state index contributed by atoms with van der Waals surface area (Å²) >= 11 is 1.55. The molecule has 7 nitrogen and oxygen atoms in total. The van der Waals surface area contributed by atoms with Crippen LogP contribution >= 0.6 is 11.3 Å². The van der Waals surface area contributed by atoms with Gasteiger partial charge in [0.25, 0.3) is 17.7 Å². The van der Waals surface area contributed by atoms with E-state index in [9.17, 15) is 14.4 Å². The summed E-state index contributed by atoms with van der Waals surface area (Å²) < 4.78 is 6.33. The third kappa shape index (κ3) is 3.70. The summed E-state index contributed by atoms with van der Waals surface area (Å²) in [6.07, 6.45) is 1.49. The van der Waals surface area contributed by atoms with Crippen molar-refractivity contribution in [1.29, 1.82) is 0 Å². The standard InChI is InChI=1S/C27H17N3O4S/c31-24(28-21-8-2-1-7-19(21)25-29-22-9-3-4-10-23(22)35-25)16-11-12-18-20(14-16)27(33)30(26(18)32)15-17-6-5-13-34-17/h1-14H,15H2,(H,28,31). The largest absolute Gasteiger partial charge is 0.467 e. The number of imide groups is 1. The minimum atomic E-state index is -0.453. The number of thiazole rings is 1. The maximum Gasteiger partial charge on any atom is 0.261 e. The van der Waals surface area contributed by atoms with Gasteiger partial charge in [-0.3, -0.25) is 19.3 Å². The number of para-hydroxylation sites is 2. The van der Waals surface area contributed by atoms with Crippen molar-refractivity contribution in [2.24, 2.45) is 0 Å². The Balaban J connectivity index is 1.28. The van der Waals surface area contributed by atoms with E-state index < -0.39 is 11.8 Å². The SMILES string of the molecule is O=C(Nc1ccccc1-c1nc2ccccc2s1)c1ccc2c(c1)C(=O)N(Cc1ccco1)C2=O. The predicted octanol–water partition coefficient (Wildman–Crippen LogP) is 5.60. The number of hydrogen-bond acceptors (Lipinski definition) is 6. The van der Waals surface area contributed by atoms with Gasteiger partial charge in [0.15, 0.2) is 0 Å². The molecule has 0 radical (unpaired) electrons. The lowest BCUT2D eigenvalue weighted by atomic mass is 10.0. The summed E-state index contributed by atoms with van der Waals surface area (Å²) in [4.78, 5) is 44.6. The number of aromatic nitrogens is 1. The molecule has 6 rings (SSSR count). The van der Waals surface area contributed by atoms with Crippen LogP contribution in [-0.4, -0.2) is 27.6 Å². The van der Waals surface area contributed by atoms with Crippen LogP contribution in [0, 0.1) is 0 Å². The number of benzene rings is 3. The van der Waals surface area contributed by atoms with Crippen molar-refractivity contribution in [2.75, 3.05) is 5.32 Å². The number of nitrogens with zero attached hydrogens (tertiary/aromatic N) is 2. The van der Waals surface area contributed by atoms with Crippen molar-refractivity contribution >= 4 is 45.0 Å². The minimum absolute atomic E-state index is 0.0381. The molecule has 0 fully saturated rings. The molecule has 1 aliphatic heterocycles. The molecule has 3 heterocycles. The average Bonchev–Trinajstić information content (AvgIpc) is 3.60. The first-order valence-electron chi connectivity index (χ1n) is 10.9. The fourth-order valence-corrected chi connectivity index (χ4v) is 5.10. The van der Waals surface area contributed by atoms with E-state index in [0.717, 1.165) is 25.7 Å². The first-order valence-corrected chi connectivity index (χ1v) is 11.7. The van der Waals surface area contributed by atoms with Gasteiger partial charge in [0.05, 0.1) is 39.8 Å². The fraction of sp³-hybridized carbons (Fsp3) is 0.0370. The fourth-order valence-electron chi connectivity index (χ4n) is 4.09. The molecule has 0 spiro atoms. The van der Waals surface area contributed by atoms with Crippen LogP contribution in [0.25, 0.3) is 20.8 Å². The molecule has 2 aromatic heterocycles. The maximum absolute atomic E-state index is 13.1. The van der Waals surface area contributed by atoms with Crippen LogP contribution in [0.1, 0.15) is 36.8 Å². The monoisotopic (exact) mass is 479 g/mol. The topological polar surface area (TPSA) is 92.5 Å². The van der Waals surface area contributed by atoms with E-state index in [-0.39, 0.29) is 29.1 Å². The zero-order chi connectivity index (χ0) is 23.9. The second-order valence-corrected chi connectivity index (χ2v) is 9.05. The molecular formula is C27H17N3O4S. The van der Waals surface area contributed by atoms with E-state index >= 15 is 0 Å². The van der Waals surface area contributed by atoms with Gasteiger partial charge in [-0.25, -0.2) is 4.98 Å². The summed E-state index contributed by atoms with van der Waals surface area (Å²) in [5.74, 6) is -0.740. The quantitative estimate of drug-likeness (QED) is 0.331.